The molecular formula is C16H17BrN2O. The molecule has 2 aromatic carbocycles. The SMILES string of the molecule is Cc1ccccc1[C@@H](C)NC(=O)c1ccc(N)c(Br)c1. The van der Waals surface area contributed by atoms with Gasteiger partial charge in [0.1, 0.15) is 0 Å². The molecule has 4 heteroatoms. The first-order valence-corrected chi connectivity index (χ1v) is 7.19. The molecule has 0 spiro atoms. The van der Waals surface area contributed by atoms with E-state index >= 15 is 0 Å². The first kappa shape index (κ1) is 14.6. The topological polar surface area (TPSA) is 55.1 Å². The standard InChI is InChI=1S/C16H17BrN2O/c1-10-5-3-4-6-13(10)11(2)19-16(20)12-7-8-15(18)14(17)9-12/h3-9,11H,18H2,1-2H3,(H,19,20)/t11-/m1/s1. The van der Waals surface area contributed by atoms with Gasteiger partial charge in [0.2, 0.25) is 0 Å². The van der Waals surface area contributed by atoms with Crippen LogP contribution in [0.2, 0.25) is 0 Å². The van der Waals surface area contributed by atoms with E-state index in [9.17, 15) is 4.79 Å². The molecule has 1 amide bonds. The van der Waals surface area contributed by atoms with Crippen molar-refractivity contribution in [2.45, 2.75) is 19.9 Å². The lowest BCUT2D eigenvalue weighted by Gasteiger charge is -2.16. The zero-order valence-electron chi connectivity index (χ0n) is 11.5. The maximum Gasteiger partial charge on any atom is 0.251 e. The van der Waals surface area contributed by atoms with Crippen LogP contribution in [-0.4, -0.2) is 5.91 Å². The van der Waals surface area contributed by atoms with Crippen molar-refractivity contribution in [3.05, 3.63) is 63.6 Å². The van der Waals surface area contributed by atoms with Crippen molar-refractivity contribution in [2.24, 2.45) is 0 Å². The average molecular weight is 333 g/mol. The van der Waals surface area contributed by atoms with Crippen molar-refractivity contribution in [1.82, 2.24) is 5.32 Å². The van der Waals surface area contributed by atoms with Gasteiger partial charge in [-0.15, -0.1) is 0 Å². The smallest absolute Gasteiger partial charge is 0.251 e. The molecule has 1 atom stereocenters. The monoisotopic (exact) mass is 332 g/mol. The summed E-state index contributed by atoms with van der Waals surface area (Å²) in [5.41, 5.74) is 9.22. The number of aryl methyl sites for hydroxylation is 1. The normalized spacial score (nSPS) is 11.9. The molecule has 0 aliphatic rings. The molecule has 0 radical (unpaired) electrons. The number of hydrogen-bond acceptors (Lipinski definition) is 2. The van der Waals surface area contributed by atoms with Crippen molar-refractivity contribution < 1.29 is 4.79 Å². The lowest BCUT2D eigenvalue weighted by atomic mass is 10.0. The molecule has 2 rings (SSSR count). The Hall–Kier alpha value is -1.81. The summed E-state index contributed by atoms with van der Waals surface area (Å²) in [5.74, 6) is -0.110. The molecule has 0 fully saturated rings. The number of nitrogen functional groups attached to an aromatic ring is 1. The van der Waals surface area contributed by atoms with Crippen molar-refractivity contribution in [3.63, 3.8) is 0 Å². The summed E-state index contributed by atoms with van der Waals surface area (Å²) in [6, 6.07) is 13.2. The van der Waals surface area contributed by atoms with E-state index in [0.717, 1.165) is 10.0 Å². The number of hydrogen-bond donors (Lipinski definition) is 2. The van der Waals surface area contributed by atoms with E-state index in [0.29, 0.717) is 11.3 Å². The number of nitrogens with one attached hydrogen (secondary N) is 1. The Bertz CT molecular complexity index is 640. The Morgan fingerprint density at radius 2 is 1.95 bits per heavy atom. The van der Waals surface area contributed by atoms with E-state index in [1.807, 2.05) is 38.1 Å². The third-order valence-electron chi connectivity index (χ3n) is 3.27. The fourth-order valence-electron chi connectivity index (χ4n) is 2.10. The van der Waals surface area contributed by atoms with E-state index in [2.05, 4.69) is 21.2 Å². The Morgan fingerprint density at radius 1 is 1.25 bits per heavy atom. The number of carbonyl (C=O) groups excluding carboxylic acids is 1. The Labute approximate surface area is 127 Å². The van der Waals surface area contributed by atoms with Crippen LogP contribution in [0.5, 0.6) is 0 Å². The largest absolute Gasteiger partial charge is 0.398 e. The molecule has 104 valence electrons. The second kappa shape index (κ2) is 6.09. The van der Waals surface area contributed by atoms with Gasteiger partial charge in [0.15, 0.2) is 0 Å². The second-order valence-corrected chi connectivity index (χ2v) is 5.64. The fraction of sp³-hybridized carbons (Fsp3) is 0.188. The van der Waals surface area contributed by atoms with E-state index in [-0.39, 0.29) is 11.9 Å². The molecule has 0 aliphatic carbocycles. The maximum atomic E-state index is 12.2. The van der Waals surface area contributed by atoms with Crippen LogP contribution in [0.25, 0.3) is 0 Å². The van der Waals surface area contributed by atoms with E-state index in [4.69, 9.17) is 5.73 Å². The predicted molar refractivity (Wildman–Crippen MR) is 85.6 cm³/mol. The van der Waals surface area contributed by atoms with Crippen LogP contribution in [0.3, 0.4) is 0 Å². The Morgan fingerprint density at radius 3 is 2.60 bits per heavy atom. The summed E-state index contributed by atoms with van der Waals surface area (Å²) in [6.07, 6.45) is 0. The number of carbonyl (C=O) groups is 1. The van der Waals surface area contributed by atoms with Gasteiger partial charge >= 0.3 is 0 Å². The fourth-order valence-corrected chi connectivity index (χ4v) is 2.48. The highest BCUT2D eigenvalue weighted by atomic mass is 79.9. The molecular weight excluding hydrogens is 316 g/mol. The average Bonchev–Trinajstić information content (AvgIpc) is 2.42. The highest BCUT2D eigenvalue weighted by molar-refractivity contribution is 9.10. The van der Waals surface area contributed by atoms with Crippen LogP contribution in [0.15, 0.2) is 46.9 Å². The molecule has 3 nitrogen and oxygen atoms in total. The molecule has 20 heavy (non-hydrogen) atoms. The second-order valence-electron chi connectivity index (χ2n) is 4.79. The molecule has 0 unspecified atom stereocenters. The minimum Gasteiger partial charge on any atom is -0.398 e. The van der Waals surface area contributed by atoms with E-state index < -0.39 is 0 Å². The molecule has 0 saturated heterocycles. The number of amides is 1. The molecule has 0 saturated carbocycles. The highest BCUT2D eigenvalue weighted by Crippen LogP contribution is 2.21. The van der Waals surface area contributed by atoms with Crippen LogP contribution in [0, 0.1) is 6.92 Å². The van der Waals surface area contributed by atoms with Gasteiger partial charge in [-0.2, -0.15) is 0 Å². The zero-order chi connectivity index (χ0) is 14.7. The lowest BCUT2D eigenvalue weighted by Crippen LogP contribution is -2.27. The minimum atomic E-state index is -0.110. The summed E-state index contributed by atoms with van der Waals surface area (Å²) in [4.78, 5) is 12.2. The van der Waals surface area contributed by atoms with Gasteiger partial charge in [-0.1, -0.05) is 24.3 Å². The maximum absolute atomic E-state index is 12.2. The number of rotatable bonds is 3. The van der Waals surface area contributed by atoms with Crippen molar-refractivity contribution in [1.29, 1.82) is 0 Å². The van der Waals surface area contributed by atoms with Gasteiger partial charge in [-0.25, -0.2) is 0 Å². The van der Waals surface area contributed by atoms with E-state index in [1.165, 1.54) is 5.56 Å². The highest BCUT2D eigenvalue weighted by Gasteiger charge is 2.13. The van der Waals surface area contributed by atoms with Crippen LogP contribution >= 0.6 is 15.9 Å². The summed E-state index contributed by atoms with van der Waals surface area (Å²) in [6.45, 7) is 4.02. The van der Waals surface area contributed by atoms with Crippen molar-refractivity contribution >= 4 is 27.5 Å². The van der Waals surface area contributed by atoms with Crippen LogP contribution < -0.4 is 11.1 Å². The molecule has 2 aromatic rings. The number of halogens is 1. The van der Waals surface area contributed by atoms with Gasteiger partial charge < -0.3 is 11.1 Å². The summed E-state index contributed by atoms with van der Waals surface area (Å²) in [5, 5.41) is 3.00. The molecule has 0 heterocycles. The Balaban J connectivity index is 2.15. The van der Waals surface area contributed by atoms with Gasteiger partial charge in [-0.05, 0) is 59.1 Å². The molecule has 0 aliphatic heterocycles. The van der Waals surface area contributed by atoms with E-state index in [1.54, 1.807) is 18.2 Å². The van der Waals surface area contributed by atoms with Crippen LogP contribution in [0.4, 0.5) is 5.69 Å². The first-order chi connectivity index (χ1) is 9.49. The third-order valence-corrected chi connectivity index (χ3v) is 3.95. The predicted octanol–water partition coefficient (Wildman–Crippen LogP) is 3.83. The molecule has 3 N–H and O–H groups in total. The zero-order valence-corrected chi connectivity index (χ0v) is 13.1. The van der Waals surface area contributed by atoms with Crippen LogP contribution in [-0.2, 0) is 0 Å². The summed E-state index contributed by atoms with van der Waals surface area (Å²) in [7, 11) is 0. The number of benzene rings is 2. The molecule has 0 bridgehead atoms. The Kier molecular flexibility index (Phi) is 4.45. The summed E-state index contributed by atoms with van der Waals surface area (Å²) < 4.78 is 0.730. The van der Waals surface area contributed by atoms with Crippen molar-refractivity contribution in [2.75, 3.05) is 5.73 Å². The number of anilines is 1. The minimum absolute atomic E-state index is 0.0416. The van der Waals surface area contributed by atoms with Gasteiger partial charge in [0.05, 0.1) is 6.04 Å². The molecule has 0 aromatic heterocycles. The summed E-state index contributed by atoms with van der Waals surface area (Å²) >= 11 is 3.33. The van der Waals surface area contributed by atoms with Gasteiger partial charge in [-0.3, -0.25) is 4.79 Å². The van der Waals surface area contributed by atoms with Gasteiger partial charge in [0, 0.05) is 15.7 Å². The third kappa shape index (κ3) is 3.20. The quantitative estimate of drug-likeness (QED) is 0.839. The van der Waals surface area contributed by atoms with Crippen LogP contribution in [0.1, 0.15) is 34.5 Å². The number of nitrogens with two attached hydrogens (primary N) is 1. The lowest BCUT2D eigenvalue weighted by molar-refractivity contribution is 0.0940. The first-order valence-electron chi connectivity index (χ1n) is 6.40. The van der Waals surface area contributed by atoms with Crippen molar-refractivity contribution in [3.8, 4) is 0 Å². The van der Waals surface area contributed by atoms with Gasteiger partial charge in [0.25, 0.3) is 5.91 Å².